The first kappa shape index (κ1) is 17.6. The quantitative estimate of drug-likeness (QED) is 0.828. The maximum Gasteiger partial charge on any atom is 0.244 e. The number of sulfonamides is 1. The highest BCUT2D eigenvalue weighted by Gasteiger charge is 2.19. The number of hydrogen-bond donors (Lipinski definition) is 1. The minimum Gasteiger partial charge on any atom is -0.495 e. The van der Waals surface area contributed by atoms with Crippen LogP contribution in [0.4, 0.5) is 0 Å². The summed E-state index contributed by atoms with van der Waals surface area (Å²) in [6.07, 6.45) is 0. The fourth-order valence-electron chi connectivity index (χ4n) is 2.03. The van der Waals surface area contributed by atoms with Gasteiger partial charge in [-0.25, -0.2) is 13.1 Å². The van der Waals surface area contributed by atoms with E-state index in [1.807, 2.05) is 25.1 Å². The lowest BCUT2D eigenvalue weighted by Crippen LogP contribution is -2.23. The van der Waals surface area contributed by atoms with Gasteiger partial charge in [-0.1, -0.05) is 23.7 Å². The molecule has 0 radical (unpaired) electrons. The van der Waals surface area contributed by atoms with Crippen LogP contribution < -0.4 is 14.2 Å². The lowest BCUT2D eigenvalue weighted by atomic mass is 10.2. The van der Waals surface area contributed by atoms with E-state index in [1.165, 1.54) is 19.2 Å². The first-order chi connectivity index (χ1) is 11.0. The van der Waals surface area contributed by atoms with Gasteiger partial charge < -0.3 is 9.47 Å². The highest BCUT2D eigenvalue weighted by atomic mass is 35.5. The average molecular weight is 356 g/mol. The highest BCUT2D eigenvalue weighted by Crippen LogP contribution is 2.27. The van der Waals surface area contributed by atoms with Crippen molar-refractivity contribution in [2.45, 2.75) is 18.4 Å². The molecule has 0 saturated heterocycles. The average Bonchev–Trinajstić information content (AvgIpc) is 2.54. The number of halogens is 1. The fraction of sp³-hybridized carbons (Fsp3) is 0.250. The first-order valence-corrected chi connectivity index (χ1v) is 8.87. The molecule has 7 heteroatoms. The zero-order valence-corrected chi connectivity index (χ0v) is 14.4. The zero-order valence-electron chi connectivity index (χ0n) is 12.9. The van der Waals surface area contributed by atoms with Crippen molar-refractivity contribution in [3.63, 3.8) is 0 Å². The van der Waals surface area contributed by atoms with E-state index in [0.717, 1.165) is 5.56 Å². The van der Waals surface area contributed by atoms with E-state index in [9.17, 15) is 8.42 Å². The Kier molecular flexibility index (Phi) is 5.87. The van der Waals surface area contributed by atoms with Crippen LogP contribution in [-0.4, -0.2) is 22.1 Å². The molecule has 124 valence electrons. The maximum absolute atomic E-state index is 12.5. The maximum atomic E-state index is 12.5. The van der Waals surface area contributed by atoms with Gasteiger partial charge in [-0.3, -0.25) is 0 Å². The fourth-order valence-corrected chi connectivity index (χ4v) is 3.48. The molecule has 0 aromatic heterocycles. The van der Waals surface area contributed by atoms with Gasteiger partial charge in [-0.15, -0.1) is 0 Å². The van der Waals surface area contributed by atoms with E-state index in [2.05, 4.69) is 4.72 Å². The summed E-state index contributed by atoms with van der Waals surface area (Å²) in [5.74, 6) is 0.939. The van der Waals surface area contributed by atoms with Gasteiger partial charge in [0, 0.05) is 11.6 Å². The summed E-state index contributed by atoms with van der Waals surface area (Å²) in [5, 5.41) is 0.324. The van der Waals surface area contributed by atoms with Crippen molar-refractivity contribution in [3.05, 3.63) is 53.1 Å². The first-order valence-electron chi connectivity index (χ1n) is 7.01. The van der Waals surface area contributed by atoms with Gasteiger partial charge in [0.2, 0.25) is 10.0 Å². The molecule has 0 fully saturated rings. The Morgan fingerprint density at radius 3 is 2.65 bits per heavy atom. The van der Waals surface area contributed by atoms with E-state index < -0.39 is 10.0 Å². The van der Waals surface area contributed by atoms with E-state index in [1.54, 1.807) is 12.1 Å². The Hall–Kier alpha value is -1.76. The summed E-state index contributed by atoms with van der Waals surface area (Å²) in [6.45, 7) is 2.58. The van der Waals surface area contributed by atoms with Crippen LogP contribution in [0.15, 0.2) is 47.4 Å². The van der Waals surface area contributed by atoms with Crippen LogP contribution in [0, 0.1) is 0 Å². The van der Waals surface area contributed by atoms with Crippen molar-refractivity contribution in [1.82, 2.24) is 4.72 Å². The molecule has 2 aromatic carbocycles. The van der Waals surface area contributed by atoms with Gasteiger partial charge >= 0.3 is 0 Å². The van der Waals surface area contributed by atoms with Gasteiger partial charge in [0.25, 0.3) is 0 Å². The number of nitrogens with one attached hydrogen (secondary N) is 1. The molecule has 0 aliphatic rings. The summed E-state index contributed by atoms with van der Waals surface area (Å²) in [6, 6.07) is 11.7. The third-order valence-electron chi connectivity index (χ3n) is 3.09. The van der Waals surface area contributed by atoms with Crippen molar-refractivity contribution in [2.75, 3.05) is 13.7 Å². The zero-order chi connectivity index (χ0) is 16.9. The van der Waals surface area contributed by atoms with Gasteiger partial charge in [0.15, 0.2) is 0 Å². The molecule has 2 aromatic rings. The number of ether oxygens (including phenoxy) is 2. The van der Waals surface area contributed by atoms with Crippen LogP contribution in [0.2, 0.25) is 5.02 Å². The van der Waals surface area contributed by atoms with Gasteiger partial charge in [-0.05, 0) is 42.8 Å². The Morgan fingerprint density at radius 1 is 1.17 bits per heavy atom. The van der Waals surface area contributed by atoms with Crippen LogP contribution >= 0.6 is 11.6 Å². The molecule has 0 unspecified atom stereocenters. The summed E-state index contributed by atoms with van der Waals surface area (Å²) in [5.41, 5.74) is 0.792. The Balaban J connectivity index is 2.19. The van der Waals surface area contributed by atoms with E-state index >= 15 is 0 Å². The van der Waals surface area contributed by atoms with Crippen LogP contribution in [0.5, 0.6) is 11.5 Å². The van der Waals surface area contributed by atoms with Gasteiger partial charge in [0.05, 0.1) is 13.7 Å². The molecule has 0 heterocycles. The lowest BCUT2D eigenvalue weighted by Gasteiger charge is -2.11. The molecular formula is C16H18ClNO4S. The molecule has 2 rings (SSSR count). The number of rotatable bonds is 7. The highest BCUT2D eigenvalue weighted by molar-refractivity contribution is 7.89. The second kappa shape index (κ2) is 7.68. The third kappa shape index (κ3) is 4.60. The van der Waals surface area contributed by atoms with E-state index in [0.29, 0.717) is 17.4 Å². The molecule has 0 spiro atoms. The molecule has 0 aliphatic carbocycles. The molecule has 23 heavy (non-hydrogen) atoms. The molecule has 1 N–H and O–H groups in total. The predicted octanol–water partition coefficient (Wildman–Crippen LogP) is 3.23. The van der Waals surface area contributed by atoms with Crippen LogP contribution in [-0.2, 0) is 16.6 Å². The van der Waals surface area contributed by atoms with E-state index in [-0.39, 0.29) is 17.2 Å². The van der Waals surface area contributed by atoms with Gasteiger partial charge in [0.1, 0.15) is 16.4 Å². The van der Waals surface area contributed by atoms with Crippen molar-refractivity contribution in [1.29, 1.82) is 0 Å². The lowest BCUT2D eigenvalue weighted by molar-refractivity contribution is 0.340. The molecule has 0 bridgehead atoms. The molecule has 0 atom stereocenters. The van der Waals surface area contributed by atoms with Crippen LogP contribution in [0.3, 0.4) is 0 Å². The normalized spacial score (nSPS) is 11.3. The topological polar surface area (TPSA) is 64.6 Å². The standard InChI is InChI=1S/C16H18ClNO4S/c1-3-22-14-6-4-5-12(9-14)11-18-23(19,20)16-10-13(17)7-8-15(16)21-2/h4-10,18H,3,11H2,1-2H3. The van der Waals surface area contributed by atoms with Crippen LogP contribution in [0.1, 0.15) is 12.5 Å². The Bertz CT molecular complexity index is 777. The summed E-state index contributed by atoms with van der Waals surface area (Å²) >= 11 is 5.89. The Morgan fingerprint density at radius 2 is 1.96 bits per heavy atom. The van der Waals surface area contributed by atoms with Crippen molar-refractivity contribution in [2.24, 2.45) is 0 Å². The second-order valence-corrected chi connectivity index (χ2v) is 6.87. The monoisotopic (exact) mass is 355 g/mol. The number of methoxy groups -OCH3 is 1. The molecule has 5 nitrogen and oxygen atoms in total. The van der Waals surface area contributed by atoms with Gasteiger partial charge in [-0.2, -0.15) is 0 Å². The summed E-state index contributed by atoms with van der Waals surface area (Å²) in [4.78, 5) is 0.00784. The van der Waals surface area contributed by atoms with E-state index in [4.69, 9.17) is 21.1 Å². The molecule has 0 amide bonds. The molecular weight excluding hydrogens is 338 g/mol. The molecule has 0 aliphatic heterocycles. The summed E-state index contributed by atoms with van der Waals surface area (Å²) in [7, 11) is -2.34. The second-order valence-electron chi connectivity index (χ2n) is 4.70. The van der Waals surface area contributed by atoms with Crippen molar-refractivity contribution < 1.29 is 17.9 Å². The minimum atomic E-state index is -3.75. The molecule has 0 saturated carbocycles. The minimum absolute atomic E-state index is 0.00784. The Labute approximate surface area is 141 Å². The SMILES string of the molecule is CCOc1cccc(CNS(=O)(=O)c2cc(Cl)ccc2OC)c1. The smallest absolute Gasteiger partial charge is 0.244 e. The van der Waals surface area contributed by atoms with Crippen LogP contribution in [0.25, 0.3) is 0 Å². The third-order valence-corrected chi connectivity index (χ3v) is 4.75. The van der Waals surface area contributed by atoms with Crippen molar-refractivity contribution in [3.8, 4) is 11.5 Å². The predicted molar refractivity (Wildman–Crippen MR) is 89.6 cm³/mol. The summed E-state index contributed by atoms with van der Waals surface area (Å²) < 4.78 is 38.0. The van der Waals surface area contributed by atoms with Crippen molar-refractivity contribution >= 4 is 21.6 Å². The number of benzene rings is 2. The largest absolute Gasteiger partial charge is 0.495 e. The number of hydrogen-bond acceptors (Lipinski definition) is 4.